The second-order valence-electron chi connectivity index (χ2n) is 4.64. The van der Waals surface area contributed by atoms with Crippen molar-refractivity contribution < 1.29 is 4.39 Å². The number of benzene rings is 1. The van der Waals surface area contributed by atoms with Crippen LogP contribution < -0.4 is 10.2 Å². The molecule has 0 radical (unpaired) electrons. The number of nitrogens with one attached hydrogen (secondary N) is 1. The van der Waals surface area contributed by atoms with Gasteiger partial charge in [0.1, 0.15) is 5.82 Å². The normalized spacial score (nSPS) is 10.5. The molecule has 0 saturated carbocycles. The van der Waals surface area contributed by atoms with Gasteiger partial charge in [0.05, 0.1) is 0 Å². The van der Waals surface area contributed by atoms with Gasteiger partial charge in [-0.1, -0.05) is 19.1 Å². The van der Waals surface area contributed by atoms with Gasteiger partial charge in [-0.3, -0.25) is 0 Å². The Kier molecular flexibility index (Phi) is 5.27. The van der Waals surface area contributed by atoms with Crippen LogP contribution in [0.2, 0.25) is 5.28 Å². The summed E-state index contributed by atoms with van der Waals surface area (Å²) in [5.74, 6) is 0.673. The van der Waals surface area contributed by atoms with E-state index in [4.69, 9.17) is 11.6 Å². The average molecular weight is 310 g/mol. The van der Waals surface area contributed by atoms with Crippen LogP contribution in [-0.2, 0) is 6.54 Å². The standard InChI is InChI=1S/C14H17ClFN5/c1-3-8-17-13-18-12(15)19-14(20-13)21(2)9-10-4-6-11(16)7-5-10/h4-7H,3,8-9H2,1-2H3,(H,17,18,19,20). The molecule has 0 saturated heterocycles. The third-order valence-electron chi connectivity index (χ3n) is 2.80. The molecule has 0 spiro atoms. The summed E-state index contributed by atoms with van der Waals surface area (Å²) < 4.78 is 12.9. The zero-order valence-corrected chi connectivity index (χ0v) is 12.7. The maximum absolute atomic E-state index is 12.9. The van der Waals surface area contributed by atoms with Crippen LogP contribution in [0.15, 0.2) is 24.3 Å². The third kappa shape index (κ3) is 4.53. The highest BCUT2D eigenvalue weighted by Crippen LogP contribution is 2.15. The molecule has 2 rings (SSSR count). The minimum Gasteiger partial charge on any atom is -0.354 e. The van der Waals surface area contributed by atoms with Gasteiger partial charge in [0.25, 0.3) is 0 Å². The number of aromatic nitrogens is 3. The number of nitrogens with zero attached hydrogens (tertiary/aromatic N) is 4. The second-order valence-corrected chi connectivity index (χ2v) is 4.98. The van der Waals surface area contributed by atoms with Gasteiger partial charge in [-0.05, 0) is 35.7 Å². The predicted molar refractivity (Wildman–Crippen MR) is 82.1 cm³/mol. The van der Waals surface area contributed by atoms with Crippen LogP contribution in [0.3, 0.4) is 0 Å². The van der Waals surface area contributed by atoms with Crippen LogP contribution in [0, 0.1) is 5.82 Å². The first kappa shape index (κ1) is 15.4. The minimum absolute atomic E-state index is 0.143. The molecule has 0 aliphatic carbocycles. The van der Waals surface area contributed by atoms with E-state index in [-0.39, 0.29) is 11.1 Å². The van der Waals surface area contributed by atoms with Gasteiger partial charge >= 0.3 is 0 Å². The lowest BCUT2D eigenvalue weighted by molar-refractivity contribution is 0.627. The maximum atomic E-state index is 12.9. The highest BCUT2D eigenvalue weighted by molar-refractivity contribution is 6.28. The summed E-state index contributed by atoms with van der Waals surface area (Å²) in [5, 5.41) is 3.22. The SMILES string of the molecule is CCCNc1nc(Cl)nc(N(C)Cc2ccc(F)cc2)n1. The summed E-state index contributed by atoms with van der Waals surface area (Å²) in [6, 6.07) is 6.31. The molecular formula is C14H17ClFN5. The largest absolute Gasteiger partial charge is 0.354 e. The molecule has 0 bridgehead atoms. The fourth-order valence-electron chi connectivity index (χ4n) is 1.76. The summed E-state index contributed by atoms with van der Waals surface area (Å²) >= 11 is 5.92. The van der Waals surface area contributed by atoms with E-state index in [9.17, 15) is 4.39 Å². The van der Waals surface area contributed by atoms with Crippen LogP contribution in [0.4, 0.5) is 16.3 Å². The molecule has 21 heavy (non-hydrogen) atoms. The van der Waals surface area contributed by atoms with Crippen LogP contribution in [0.1, 0.15) is 18.9 Å². The summed E-state index contributed by atoms with van der Waals surface area (Å²) in [4.78, 5) is 14.3. The van der Waals surface area contributed by atoms with Crippen LogP contribution in [0.25, 0.3) is 0 Å². The molecule has 0 unspecified atom stereocenters. The molecular weight excluding hydrogens is 293 g/mol. The highest BCUT2D eigenvalue weighted by atomic mass is 35.5. The number of hydrogen-bond acceptors (Lipinski definition) is 5. The Morgan fingerprint density at radius 2 is 1.90 bits per heavy atom. The highest BCUT2D eigenvalue weighted by Gasteiger charge is 2.10. The van der Waals surface area contributed by atoms with Crippen molar-refractivity contribution in [2.24, 2.45) is 0 Å². The van der Waals surface area contributed by atoms with Gasteiger partial charge in [-0.2, -0.15) is 15.0 Å². The van der Waals surface area contributed by atoms with Gasteiger partial charge in [0.15, 0.2) is 0 Å². The number of hydrogen-bond donors (Lipinski definition) is 1. The van der Waals surface area contributed by atoms with Crippen LogP contribution in [0.5, 0.6) is 0 Å². The Bertz CT molecular complexity index is 590. The average Bonchev–Trinajstić information content (AvgIpc) is 2.47. The van der Waals surface area contributed by atoms with E-state index in [1.807, 2.05) is 11.9 Å². The molecule has 0 aliphatic heterocycles. The zero-order valence-electron chi connectivity index (χ0n) is 12.0. The van der Waals surface area contributed by atoms with Crippen LogP contribution in [-0.4, -0.2) is 28.5 Å². The molecule has 0 amide bonds. The Balaban J connectivity index is 2.12. The third-order valence-corrected chi connectivity index (χ3v) is 2.97. The monoisotopic (exact) mass is 309 g/mol. The van der Waals surface area contributed by atoms with Crippen molar-refractivity contribution in [1.29, 1.82) is 0 Å². The van der Waals surface area contributed by atoms with Crippen molar-refractivity contribution in [1.82, 2.24) is 15.0 Å². The Morgan fingerprint density at radius 1 is 1.19 bits per heavy atom. The van der Waals surface area contributed by atoms with Gasteiger partial charge in [-0.25, -0.2) is 4.39 Å². The van der Waals surface area contributed by atoms with E-state index in [2.05, 4.69) is 27.2 Å². The quantitative estimate of drug-likeness (QED) is 0.888. The topological polar surface area (TPSA) is 53.9 Å². The predicted octanol–water partition coefficient (Wildman–Crippen LogP) is 3.12. The van der Waals surface area contributed by atoms with Crippen molar-refractivity contribution in [3.8, 4) is 0 Å². The number of rotatable bonds is 6. The first-order chi connectivity index (χ1) is 10.1. The van der Waals surface area contributed by atoms with E-state index < -0.39 is 0 Å². The molecule has 1 heterocycles. The molecule has 5 nitrogen and oxygen atoms in total. The summed E-state index contributed by atoms with van der Waals surface area (Å²) in [6.45, 7) is 3.37. The lowest BCUT2D eigenvalue weighted by atomic mass is 10.2. The molecule has 7 heteroatoms. The fraction of sp³-hybridized carbons (Fsp3) is 0.357. The zero-order chi connectivity index (χ0) is 15.2. The first-order valence-corrected chi connectivity index (χ1v) is 7.07. The summed E-state index contributed by atoms with van der Waals surface area (Å²) in [5.41, 5.74) is 0.957. The van der Waals surface area contributed by atoms with E-state index in [0.717, 1.165) is 18.5 Å². The van der Waals surface area contributed by atoms with Crippen molar-refractivity contribution in [2.75, 3.05) is 23.8 Å². The minimum atomic E-state index is -0.254. The van der Waals surface area contributed by atoms with E-state index in [1.54, 1.807) is 12.1 Å². The van der Waals surface area contributed by atoms with Crippen molar-refractivity contribution in [3.63, 3.8) is 0 Å². The van der Waals surface area contributed by atoms with E-state index in [1.165, 1.54) is 12.1 Å². The van der Waals surface area contributed by atoms with Crippen LogP contribution >= 0.6 is 11.6 Å². The fourth-order valence-corrected chi connectivity index (χ4v) is 1.92. The van der Waals surface area contributed by atoms with Crippen molar-refractivity contribution in [2.45, 2.75) is 19.9 Å². The smallest absolute Gasteiger partial charge is 0.231 e. The van der Waals surface area contributed by atoms with E-state index >= 15 is 0 Å². The lowest BCUT2D eigenvalue weighted by Crippen LogP contribution is -2.20. The molecule has 1 aromatic heterocycles. The van der Waals surface area contributed by atoms with Gasteiger partial charge < -0.3 is 10.2 Å². The first-order valence-electron chi connectivity index (χ1n) is 6.69. The van der Waals surface area contributed by atoms with E-state index in [0.29, 0.717) is 18.4 Å². The number of anilines is 2. The maximum Gasteiger partial charge on any atom is 0.231 e. The second kappa shape index (κ2) is 7.17. The molecule has 112 valence electrons. The Hall–Kier alpha value is -1.95. The molecule has 0 fully saturated rings. The van der Waals surface area contributed by atoms with Crippen molar-refractivity contribution in [3.05, 3.63) is 40.9 Å². The lowest BCUT2D eigenvalue weighted by Gasteiger charge is -2.17. The Labute approximate surface area is 128 Å². The number of halogens is 2. The molecule has 0 atom stereocenters. The van der Waals surface area contributed by atoms with Gasteiger partial charge in [0, 0.05) is 20.1 Å². The Morgan fingerprint density at radius 3 is 2.57 bits per heavy atom. The van der Waals surface area contributed by atoms with Gasteiger partial charge in [-0.15, -0.1) is 0 Å². The summed E-state index contributed by atoms with van der Waals surface area (Å²) in [7, 11) is 1.85. The molecule has 2 aromatic rings. The molecule has 1 aromatic carbocycles. The van der Waals surface area contributed by atoms with Gasteiger partial charge in [0.2, 0.25) is 17.2 Å². The molecule has 0 aliphatic rings. The molecule has 1 N–H and O–H groups in total. The summed E-state index contributed by atoms with van der Waals surface area (Å²) in [6.07, 6.45) is 0.962. The van der Waals surface area contributed by atoms with Crippen molar-refractivity contribution >= 4 is 23.5 Å².